The molecule has 1 aliphatic heterocycles. The van der Waals surface area contributed by atoms with Crippen LogP contribution in [-0.4, -0.2) is 28.4 Å². The Morgan fingerprint density at radius 3 is 3.17 bits per heavy atom. The minimum Gasteiger partial charge on any atom is -0.360 e. The van der Waals surface area contributed by atoms with Crippen molar-refractivity contribution in [1.29, 1.82) is 5.26 Å². The topological polar surface area (TPSA) is 81.9 Å². The molecule has 1 N–H and O–H groups in total. The number of carbonyl (C=O) groups excluding carboxylic acids is 1. The van der Waals surface area contributed by atoms with E-state index in [1.807, 2.05) is 24.0 Å². The summed E-state index contributed by atoms with van der Waals surface area (Å²) in [4.78, 5) is 18.8. The first-order valence-electron chi connectivity index (χ1n) is 7.63. The minimum atomic E-state index is -0.160. The van der Waals surface area contributed by atoms with Gasteiger partial charge in [-0.05, 0) is 42.9 Å². The molecule has 0 spiro atoms. The predicted molar refractivity (Wildman–Crippen MR) is 94.4 cm³/mol. The summed E-state index contributed by atoms with van der Waals surface area (Å²) in [6.07, 6.45) is 3.34. The number of halogens is 1. The molecule has 124 valence electrons. The molecule has 0 bridgehead atoms. The van der Waals surface area contributed by atoms with Gasteiger partial charge in [-0.1, -0.05) is 17.7 Å². The van der Waals surface area contributed by atoms with Crippen LogP contribution in [0.25, 0.3) is 0 Å². The Kier molecular flexibility index (Phi) is 4.97. The maximum absolute atomic E-state index is 12.6. The summed E-state index contributed by atoms with van der Waals surface area (Å²) in [5, 5.41) is 13.1. The van der Waals surface area contributed by atoms with Crippen LogP contribution in [0, 0.1) is 24.2 Å². The zero-order chi connectivity index (χ0) is 17.1. The number of hydrogen-bond acceptors (Lipinski definition) is 6. The van der Waals surface area contributed by atoms with E-state index in [2.05, 4.69) is 20.7 Å². The summed E-state index contributed by atoms with van der Waals surface area (Å²) < 4.78 is 4.04. The number of pyridine rings is 1. The Bertz CT molecular complexity index is 800. The Hall–Kier alpha value is -2.17. The van der Waals surface area contributed by atoms with E-state index in [9.17, 15) is 10.1 Å². The quantitative estimate of drug-likeness (QED) is 0.907. The average Bonchev–Trinajstić information content (AvgIpc) is 2.97. The van der Waals surface area contributed by atoms with Gasteiger partial charge in [0.05, 0.1) is 5.92 Å². The fourth-order valence-electron chi connectivity index (χ4n) is 2.78. The van der Waals surface area contributed by atoms with Crippen LogP contribution in [-0.2, 0) is 4.79 Å². The normalized spacial score (nSPS) is 17.4. The Morgan fingerprint density at radius 2 is 2.42 bits per heavy atom. The molecule has 0 saturated carbocycles. The van der Waals surface area contributed by atoms with Crippen molar-refractivity contribution < 1.29 is 4.79 Å². The van der Waals surface area contributed by atoms with Gasteiger partial charge in [0.1, 0.15) is 22.5 Å². The molecule has 2 aromatic rings. The van der Waals surface area contributed by atoms with Crippen molar-refractivity contribution in [3.8, 4) is 6.07 Å². The highest BCUT2D eigenvalue weighted by molar-refractivity contribution is 7.10. The highest BCUT2D eigenvalue weighted by atomic mass is 35.5. The van der Waals surface area contributed by atoms with Gasteiger partial charge >= 0.3 is 0 Å². The zero-order valence-electron chi connectivity index (χ0n) is 13.1. The summed E-state index contributed by atoms with van der Waals surface area (Å²) in [6.45, 7) is 3.25. The molecular formula is C16H16ClN5OS. The molecule has 3 heterocycles. The lowest BCUT2D eigenvalue weighted by atomic mass is 9.97. The van der Waals surface area contributed by atoms with Gasteiger partial charge in [-0.3, -0.25) is 4.79 Å². The molecule has 2 aromatic heterocycles. The van der Waals surface area contributed by atoms with Crippen LogP contribution in [0.1, 0.15) is 24.0 Å². The monoisotopic (exact) mass is 361 g/mol. The van der Waals surface area contributed by atoms with Crippen molar-refractivity contribution in [2.75, 3.05) is 23.3 Å². The highest BCUT2D eigenvalue weighted by Gasteiger charge is 2.29. The lowest BCUT2D eigenvalue weighted by Crippen LogP contribution is -2.40. The lowest BCUT2D eigenvalue weighted by Gasteiger charge is -2.32. The fraction of sp³-hybridized carbons (Fsp3) is 0.375. The summed E-state index contributed by atoms with van der Waals surface area (Å²) in [5.41, 5.74) is 1.32. The maximum Gasteiger partial charge on any atom is 0.230 e. The van der Waals surface area contributed by atoms with Crippen LogP contribution in [0.4, 0.5) is 10.8 Å². The van der Waals surface area contributed by atoms with Gasteiger partial charge < -0.3 is 10.2 Å². The molecule has 0 unspecified atom stereocenters. The van der Waals surface area contributed by atoms with Crippen LogP contribution in [0.3, 0.4) is 0 Å². The Morgan fingerprint density at radius 1 is 1.58 bits per heavy atom. The number of piperidine rings is 1. The summed E-state index contributed by atoms with van der Waals surface area (Å²) in [7, 11) is 0. The number of nitrogens with zero attached hydrogens (tertiary/aromatic N) is 4. The molecule has 3 rings (SSSR count). The molecule has 8 heteroatoms. The number of carbonyl (C=O) groups is 1. The van der Waals surface area contributed by atoms with E-state index in [1.165, 1.54) is 11.5 Å². The third-order valence-corrected chi connectivity index (χ3v) is 5.36. The molecule has 0 aromatic carbocycles. The second kappa shape index (κ2) is 7.16. The number of anilines is 2. The standard InChI is InChI=1S/C16H16ClN5OS/c1-10-4-2-6-19-14(10)20-15(23)11-5-3-7-22(9-11)16-12(8-18)13(17)21-24-16/h2,4,6,11H,3,5,7,9H2,1H3,(H,19,20,23)/t11-/m0/s1. The van der Waals surface area contributed by atoms with Crippen molar-refractivity contribution in [2.24, 2.45) is 5.92 Å². The largest absolute Gasteiger partial charge is 0.360 e. The van der Waals surface area contributed by atoms with Gasteiger partial charge in [-0.25, -0.2) is 4.98 Å². The van der Waals surface area contributed by atoms with Gasteiger partial charge in [-0.2, -0.15) is 9.64 Å². The smallest absolute Gasteiger partial charge is 0.230 e. The van der Waals surface area contributed by atoms with Crippen LogP contribution < -0.4 is 10.2 Å². The van der Waals surface area contributed by atoms with E-state index in [4.69, 9.17) is 11.6 Å². The molecule has 0 radical (unpaired) electrons. The van der Waals surface area contributed by atoms with Crippen molar-refractivity contribution >= 4 is 39.9 Å². The van der Waals surface area contributed by atoms with Gasteiger partial charge in [0.2, 0.25) is 5.91 Å². The summed E-state index contributed by atoms with van der Waals surface area (Å²) in [5.74, 6) is 0.390. The van der Waals surface area contributed by atoms with Gasteiger partial charge in [-0.15, -0.1) is 0 Å². The molecule has 1 saturated heterocycles. The third kappa shape index (κ3) is 3.35. The summed E-state index contributed by atoms with van der Waals surface area (Å²) >= 11 is 7.16. The van der Waals surface area contributed by atoms with Gasteiger partial charge in [0.15, 0.2) is 5.15 Å². The first-order valence-corrected chi connectivity index (χ1v) is 8.78. The minimum absolute atomic E-state index is 0.0457. The predicted octanol–water partition coefficient (Wildman–Crippen LogP) is 3.23. The Labute approximate surface area is 149 Å². The van der Waals surface area contributed by atoms with Gasteiger partial charge in [0.25, 0.3) is 0 Å². The van der Waals surface area contributed by atoms with E-state index < -0.39 is 0 Å². The molecule has 24 heavy (non-hydrogen) atoms. The van der Waals surface area contributed by atoms with Crippen molar-refractivity contribution in [2.45, 2.75) is 19.8 Å². The summed E-state index contributed by atoms with van der Waals surface area (Å²) in [6, 6.07) is 5.84. The van der Waals surface area contributed by atoms with E-state index in [1.54, 1.807) is 6.20 Å². The fourth-order valence-corrected chi connectivity index (χ4v) is 3.85. The number of rotatable bonds is 3. The van der Waals surface area contributed by atoms with Crippen molar-refractivity contribution in [3.63, 3.8) is 0 Å². The number of aryl methyl sites for hydroxylation is 1. The molecule has 1 aliphatic rings. The van der Waals surface area contributed by atoms with E-state index >= 15 is 0 Å². The average molecular weight is 362 g/mol. The Balaban J connectivity index is 1.72. The number of amides is 1. The SMILES string of the molecule is Cc1cccnc1NC(=O)[C@H]1CCCN(c2snc(Cl)c2C#N)C1. The molecular weight excluding hydrogens is 346 g/mol. The molecule has 1 atom stereocenters. The van der Waals surface area contributed by atoms with E-state index in [-0.39, 0.29) is 17.0 Å². The van der Waals surface area contributed by atoms with Gasteiger partial charge in [0, 0.05) is 19.3 Å². The number of nitrogens with one attached hydrogen (secondary N) is 1. The van der Waals surface area contributed by atoms with Crippen LogP contribution in [0.5, 0.6) is 0 Å². The van der Waals surface area contributed by atoms with Crippen molar-refractivity contribution in [3.05, 3.63) is 34.6 Å². The molecule has 6 nitrogen and oxygen atoms in total. The van der Waals surface area contributed by atoms with Crippen molar-refractivity contribution in [1.82, 2.24) is 9.36 Å². The molecule has 1 amide bonds. The maximum atomic E-state index is 12.6. The van der Waals surface area contributed by atoms with Crippen LogP contribution in [0.2, 0.25) is 5.15 Å². The second-order valence-electron chi connectivity index (χ2n) is 5.71. The van der Waals surface area contributed by atoms with Crippen LogP contribution >= 0.6 is 23.1 Å². The number of nitriles is 1. The third-order valence-electron chi connectivity index (χ3n) is 4.07. The molecule has 0 aliphatic carbocycles. The number of hydrogen-bond donors (Lipinski definition) is 1. The van der Waals surface area contributed by atoms with Crippen LogP contribution in [0.15, 0.2) is 18.3 Å². The lowest BCUT2D eigenvalue weighted by molar-refractivity contribution is -0.120. The van der Waals surface area contributed by atoms with E-state index in [0.29, 0.717) is 17.9 Å². The van der Waals surface area contributed by atoms with E-state index in [0.717, 1.165) is 30.0 Å². The molecule has 1 fully saturated rings. The first-order chi connectivity index (χ1) is 11.6. The number of aromatic nitrogens is 2. The first kappa shape index (κ1) is 16.7. The highest BCUT2D eigenvalue weighted by Crippen LogP contribution is 2.34. The zero-order valence-corrected chi connectivity index (χ0v) is 14.7. The second-order valence-corrected chi connectivity index (χ2v) is 6.82.